The minimum absolute atomic E-state index is 0.351. The molecule has 0 atom stereocenters. The van der Waals surface area contributed by atoms with Crippen LogP contribution < -0.4 is 5.32 Å². The highest BCUT2D eigenvalue weighted by molar-refractivity contribution is 5.28. The van der Waals surface area contributed by atoms with Crippen LogP contribution in [-0.2, 0) is 0 Å². The third-order valence-electron chi connectivity index (χ3n) is 5.45. The van der Waals surface area contributed by atoms with E-state index in [0.717, 1.165) is 12.5 Å². The van der Waals surface area contributed by atoms with Crippen LogP contribution in [0, 0.1) is 0 Å². The van der Waals surface area contributed by atoms with Gasteiger partial charge in [0.2, 0.25) is 5.95 Å². The second kappa shape index (κ2) is 5.76. The number of likely N-dealkylation sites (N-methyl/N-ethyl adjacent to an activating group) is 1. The van der Waals surface area contributed by atoms with Gasteiger partial charge >= 0.3 is 0 Å². The molecule has 0 spiro atoms. The second-order valence-corrected chi connectivity index (χ2v) is 6.78. The van der Waals surface area contributed by atoms with Crippen LogP contribution in [0.1, 0.15) is 57.4 Å². The van der Waals surface area contributed by atoms with Crippen molar-refractivity contribution in [2.75, 3.05) is 26.0 Å². The van der Waals surface area contributed by atoms with Gasteiger partial charge in [0.15, 0.2) is 0 Å². The lowest BCUT2D eigenvalue weighted by Gasteiger charge is -2.47. The third kappa shape index (κ3) is 2.58. The lowest BCUT2D eigenvalue weighted by molar-refractivity contribution is 0.0736. The van der Waals surface area contributed by atoms with Gasteiger partial charge in [-0.25, -0.2) is 4.98 Å². The molecule has 3 rings (SSSR count). The Labute approximate surface area is 122 Å². The first-order valence-electron chi connectivity index (χ1n) is 8.15. The lowest BCUT2D eigenvalue weighted by Crippen LogP contribution is -2.54. The molecule has 4 nitrogen and oxygen atoms in total. The number of anilines is 1. The van der Waals surface area contributed by atoms with Gasteiger partial charge in [-0.15, -0.1) is 0 Å². The maximum Gasteiger partial charge on any atom is 0.203 e. The predicted octanol–water partition coefficient (Wildman–Crippen LogP) is 3.28. The first-order valence-corrected chi connectivity index (χ1v) is 8.15. The Hall–Kier alpha value is -1.03. The van der Waals surface area contributed by atoms with Gasteiger partial charge in [0.05, 0.1) is 0 Å². The smallest absolute Gasteiger partial charge is 0.203 e. The monoisotopic (exact) mass is 276 g/mol. The quantitative estimate of drug-likeness (QED) is 0.896. The van der Waals surface area contributed by atoms with Crippen LogP contribution in [0.4, 0.5) is 5.95 Å². The summed E-state index contributed by atoms with van der Waals surface area (Å²) >= 11 is 0. The molecule has 1 aromatic rings. The van der Waals surface area contributed by atoms with E-state index in [1.807, 2.05) is 6.20 Å². The molecule has 0 unspecified atom stereocenters. The Morgan fingerprint density at radius 3 is 2.60 bits per heavy atom. The number of hydrogen-bond acceptors (Lipinski definition) is 3. The molecule has 2 saturated carbocycles. The van der Waals surface area contributed by atoms with Gasteiger partial charge in [0.1, 0.15) is 0 Å². The van der Waals surface area contributed by atoms with Crippen LogP contribution in [0.25, 0.3) is 0 Å². The number of imidazole rings is 1. The van der Waals surface area contributed by atoms with Gasteiger partial charge < -0.3 is 14.8 Å². The Kier molecular flexibility index (Phi) is 4.01. The normalized spacial score (nSPS) is 22.8. The van der Waals surface area contributed by atoms with Gasteiger partial charge in [-0.3, -0.25) is 0 Å². The largest absolute Gasteiger partial charge is 0.354 e. The van der Waals surface area contributed by atoms with Gasteiger partial charge in [0, 0.05) is 30.5 Å². The van der Waals surface area contributed by atoms with E-state index in [0.29, 0.717) is 11.6 Å². The van der Waals surface area contributed by atoms with Crippen molar-refractivity contribution in [3.8, 4) is 0 Å². The maximum absolute atomic E-state index is 4.55. The fourth-order valence-electron chi connectivity index (χ4n) is 3.71. The molecule has 1 aromatic heterocycles. The van der Waals surface area contributed by atoms with Crippen molar-refractivity contribution in [1.82, 2.24) is 14.5 Å². The molecule has 2 aliphatic carbocycles. The summed E-state index contributed by atoms with van der Waals surface area (Å²) in [4.78, 5) is 6.93. The van der Waals surface area contributed by atoms with Crippen molar-refractivity contribution in [1.29, 1.82) is 0 Å². The number of nitrogens with one attached hydrogen (secondary N) is 1. The zero-order valence-electron chi connectivity index (χ0n) is 12.9. The van der Waals surface area contributed by atoms with Crippen LogP contribution in [0.3, 0.4) is 0 Å². The Bertz CT molecular complexity index is 427. The molecule has 0 aliphatic heterocycles. The van der Waals surface area contributed by atoms with Gasteiger partial charge in [0.25, 0.3) is 0 Å². The number of hydrogen-bond donors (Lipinski definition) is 1. The highest BCUT2D eigenvalue weighted by Crippen LogP contribution is 2.36. The van der Waals surface area contributed by atoms with E-state index in [4.69, 9.17) is 0 Å². The van der Waals surface area contributed by atoms with E-state index < -0.39 is 0 Å². The zero-order valence-corrected chi connectivity index (χ0v) is 12.9. The highest BCUT2D eigenvalue weighted by atomic mass is 15.2. The van der Waals surface area contributed by atoms with Crippen LogP contribution in [-0.4, -0.2) is 40.6 Å². The van der Waals surface area contributed by atoms with Gasteiger partial charge in [-0.05, 0) is 46.2 Å². The van der Waals surface area contributed by atoms with E-state index in [-0.39, 0.29) is 0 Å². The van der Waals surface area contributed by atoms with Crippen LogP contribution in [0.15, 0.2) is 12.4 Å². The van der Waals surface area contributed by atoms with Crippen molar-refractivity contribution >= 4 is 5.95 Å². The highest BCUT2D eigenvalue weighted by Gasteiger charge is 2.39. The average Bonchev–Trinajstić information content (AvgIpc) is 2.86. The van der Waals surface area contributed by atoms with Crippen LogP contribution in [0.5, 0.6) is 0 Å². The summed E-state index contributed by atoms with van der Waals surface area (Å²) in [5, 5.41) is 3.62. The fourth-order valence-corrected chi connectivity index (χ4v) is 3.71. The Balaban J connectivity index is 1.64. The zero-order chi connectivity index (χ0) is 14.0. The summed E-state index contributed by atoms with van der Waals surface area (Å²) in [6.07, 6.45) is 14.8. The molecule has 20 heavy (non-hydrogen) atoms. The summed E-state index contributed by atoms with van der Waals surface area (Å²) in [5.74, 6) is 1.07. The van der Waals surface area contributed by atoms with Crippen molar-refractivity contribution in [3.05, 3.63) is 12.4 Å². The van der Waals surface area contributed by atoms with E-state index in [1.165, 1.54) is 51.4 Å². The summed E-state index contributed by atoms with van der Waals surface area (Å²) < 4.78 is 2.38. The Morgan fingerprint density at radius 2 is 2.00 bits per heavy atom. The first-order chi connectivity index (χ1) is 9.71. The van der Waals surface area contributed by atoms with E-state index >= 15 is 0 Å². The van der Waals surface area contributed by atoms with Crippen molar-refractivity contribution in [3.63, 3.8) is 0 Å². The molecule has 2 fully saturated rings. The SMILES string of the molecule is CN(C)C1(CNc2nccn2C2CCCCC2)CCC1. The molecule has 0 bridgehead atoms. The number of aromatic nitrogens is 2. The topological polar surface area (TPSA) is 33.1 Å². The lowest BCUT2D eigenvalue weighted by atomic mass is 9.75. The molecule has 0 amide bonds. The van der Waals surface area contributed by atoms with Crippen LogP contribution in [0.2, 0.25) is 0 Å². The minimum atomic E-state index is 0.351. The van der Waals surface area contributed by atoms with Crippen molar-refractivity contribution < 1.29 is 0 Å². The molecule has 0 saturated heterocycles. The second-order valence-electron chi connectivity index (χ2n) is 6.78. The third-order valence-corrected chi connectivity index (χ3v) is 5.45. The van der Waals surface area contributed by atoms with E-state index in [9.17, 15) is 0 Å². The molecule has 2 aliphatic rings. The minimum Gasteiger partial charge on any atom is -0.354 e. The average molecular weight is 276 g/mol. The standard InChI is InChI=1S/C16H28N4/c1-19(2)16(9-6-10-16)13-18-15-17-11-12-20(15)14-7-4-3-5-8-14/h11-12,14H,3-10,13H2,1-2H3,(H,17,18). The van der Waals surface area contributed by atoms with E-state index in [2.05, 4.69) is 40.1 Å². The molecule has 0 radical (unpaired) electrons. The van der Waals surface area contributed by atoms with Crippen molar-refractivity contribution in [2.45, 2.75) is 62.9 Å². The number of rotatable bonds is 5. The summed E-state index contributed by atoms with van der Waals surface area (Å²) in [5.41, 5.74) is 0.351. The Morgan fingerprint density at radius 1 is 1.25 bits per heavy atom. The summed E-state index contributed by atoms with van der Waals surface area (Å²) in [6, 6.07) is 0.658. The molecule has 1 heterocycles. The summed E-state index contributed by atoms with van der Waals surface area (Å²) in [6.45, 7) is 1.02. The molecular weight excluding hydrogens is 248 g/mol. The van der Waals surface area contributed by atoms with Gasteiger partial charge in [-0.1, -0.05) is 19.3 Å². The number of nitrogens with zero attached hydrogens (tertiary/aromatic N) is 3. The van der Waals surface area contributed by atoms with Gasteiger partial charge in [-0.2, -0.15) is 0 Å². The van der Waals surface area contributed by atoms with E-state index in [1.54, 1.807) is 0 Å². The molecule has 0 aromatic carbocycles. The maximum atomic E-state index is 4.55. The molecule has 1 N–H and O–H groups in total. The fraction of sp³-hybridized carbons (Fsp3) is 0.812. The van der Waals surface area contributed by atoms with Crippen LogP contribution >= 0.6 is 0 Å². The molecule has 112 valence electrons. The summed E-state index contributed by atoms with van der Waals surface area (Å²) in [7, 11) is 4.41. The predicted molar refractivity (Wildman–Crippen MR) is 83.1 cm³/mol. The first kappa shape index (κ1) is 13.9. The molecule has 4 heteroatoms. The molecular formula is C16H28N4. The van der Waals surface area contributed by atoms with Crippen molar-refractivity contribution in [2.24, 2.45) is 0 Å².